The molecule has 6 heteroatoms. The summed E-state index contributed by atoms with van der Waals surface area (Å²) in [5.41, 5.74) is 0. The molecule has 0 heterocycles. The van der Waals surface area contributed by atoms with E-state index < -0.39 is 24.0 Å². The Balaban J connectivity index is 2.29. The minimum Gasteiger partial charge on any atom is -0.453 e. The van der Waals surface area contributed by atoms with Gasteiger partial charge in [-0.3, -0.25) is 14.9 Å². The molecule has 0 unspecified atom stereocenters. The molecule has 6 nitrogen and oxygen atoms in total. The zero-order valence-corrected chi connectivity index (χ0v) is 12.2. The molecule has 0 saturated heterocycles. The number of carbonyl (C=O) groups excluding carboxylic acids is 3. The van der Waals surface area contributed by atoms with E-state index in [1.165, 1.54) is 13.3 Å². The number of carbonyl (C=O) groups is 3. The van der Waals surface area contributed by atoms with Gasteiger partial charge in [-0.15, -0.1) is 0 Å². The van der Waals surface area contributed by atoms with E-state index in [-0.39, 0.29) is 12.5 Å². The van der Waals surface area contributed by atoms with E-state index in [0.29, 0.717) is 6.42 Å². The molecule has 1 atom stereocenters. The highest BCUT2D eigenvalue weighted by atomic mass is 16.5. The van der Waals surface area contributed by atoms with Crippen molar-refractivity contribution in [1.29, 1.82) is 0 Å². The molecule has 0 radical (unpaired) electrons. The summed E-state index contributed by atoms with van der Waals surface area (Å²) in [5, 5.41) is 4.98. The number of imide groups is 1. The van der Waals surface area contributed by atoms with Gasteiger partial charge < -0.3 is 10.1 Å². The van der Waals surface area contributed by atoms with Crippen molar-refractivity contribution in [2.75, 3.05) is 0 Å². The molecule has 1 aliphatic rings. The summed E-state index contributed by atoms with van der Waals surface area (Å²) >= 11 is 0. The van der Waals surface area contributed by atoms with Gasteiger partial charge in [0, 0.05) is 12.5 Å². The molecule has 0 aliphatic heterocycles. The smallest absolute Gasteiger partial charge is 0.321 e. The number of ether oxygens (including phenoxy) is 1. The zero-order chi connectivity index (χ0) is 15.0. The lowest BCUT2D eigenvalue weighted by Crippen LogP contribution is -2.48. The van der Waals surface area contributed by atoms with Crippen molar-refractivity contribution in [2.45, 2.75) is 70.9 Å². The molecule has 0 spiro atoms. The van der Waals surface area contributed by atoms with Gasteiger partial charge in [0.2, 0.25) is 0 Å². The van der Waals surface area contributed by atoms with Gasteiger partial charge in [0.1, 0.15) is 0 Å². The normalized spacial score (nSPS) is 17.1. The third kappa shape index (κ3) is 6.04. The highest BCUT2D eigenvalue weighted by Crippen LogP contribution is 2.17. The predicted octanol–water partition coefficient (Wildman–Crippen LogP) is 1.88. The number of hydrogen-bond acceptors (Lipinski definition) is 4. The molecule has 2 N–H and O–H groups in total. The first-order valence-corrected chi connectivity index (χ1v) is 7.33. The molecule has 1 aliphatic carbocycles. The lowest BCUT2D eigenvalue weighted by atomic mass is 9.96. The van der Waals surface area contributed by atoms with Crippen molar-refractivity contribution in [1.82, 2.24) is 10.6 Å². The molecule has 1 fully saturated rings. The van der Waals surface area contributed by atoms with Crippen LogP contribution in [0.2, 0.25) is 0 Å². The summed E-state index contributed by atoms with van der Waals surface area (Å²) in [5.74, 6) is -1.02. The van der Waals surface area contributed by atoms with Gasteiger partial charge in [-0.1, -0.05) is 26.2 Å². The Morgan fingerprint density at radius 2 is 1.85 bits per heavy atom. The first-order valence-electron chi connectivity index (χ1n) is 7.33. The SMILES string of the molecule is CCCC(=O)O[C@H](C)C(=O)NC(=O)NC1CCCCC1. The summed E-state index contributed by atoms with van der Waals surface area (Å²) in [4.78, 5) is 34.6. The van der Waals surface area contributed by atoms with Crippen molar-refractivity contribution in [3.05, 3.63) is 0 Å². The summed E-state index contributed by atoms with van der Waals surface area (Å²) in [6.45, 7) is 3.31. The van der Waals surface area contributed by atoms with E-state index in [1.54, 1.807) is 0 Å². The van der Waals surface area contributed by atoms with Gasteiger partial charge in [0.05, 0.1) is 0 Å². The zero-order valence-electron chi connectivity index (χ0n) is 12.2. The fraction of sp³-hybridized carbons (Fsp3) is 0.786. The highest BCUT2D eigenvalue weighted by molar-refractivity contribution is 5.97. The second-order valence-electron chi connectivity index (χ2n) is 5.18. The van der Waals surface area contributed by atoms with Crippen molar-refractivity contribution < 1.29 is 19.1 Å². The van der Waals surface area contributed by atoms with Crippen molar-refractivity contribution in [3.63, 3.8) is 0 Å². The van der Waals surface area contributed by atoms with Crippen LogP contribution in [0, 0.1) is 0 Å². The molecule has 0 aromatic rings. The van der Waals surface area contributed by atoms with Crippen LogP contribution in [0.1, 0.15) is 58.8 Å². The second-order valence-corrected chi connectivity index (χ2v) is 5.18. The average molecular weight is 284 g/mol. The molecule has 0 aromatic carbocycles. The topological polar surface area (TPSA) is 84.5 Å². The first kappa shape index (κ1) is 16.5. The monoisotopic (exact) mass is 284 g/mol. The van der Waals surface area contributed by atoms with E-state index >= 15 is 0 Å². The van der Waals surface area contributed by atoms with Crippen molar-refractivity contribution >= 4 is 17.9 Å². The van der Waals surface area contributed by atoms with Crippen LogP contribution in [0.3, 0.4) is 0 Å². The maximum atomic E-state index is 11.7. The maximum Gasteiger partial charge on any atom is 0.321 e. The number of amides is 3. The summed E-state index contributed by atoms with van der Waals surface area (Å²) in [7, 11) is 0. The van der Waals surface area contributed by atoms with Gasteiger partial charge in [0.25, 0.3) is 5.91 Å². The van der Waals surface area contributed by atoms with Crippen LogP contribution in [0.4, 0.5) is 4.79 Å². The van der Waals surface area contributed by atoms with Crippen LogP contribution in [0.25, 0.3) is 0 Å². The fourth-order valence-electron chi connectivity index (χ4n) is 2.20. The molecular weight excluding hydrogens is 260 g/mol. The Bertz CT molecular complexity index is 351. The largest absolute Gasteiger partial charge is 0.453 e. The van der Waals surface area contributed by atoms with Gasteiger partial charge in [-0.05, 0) is 26.2 Å². The number of rotatable bonds is 5. The van der Waals surface area contributed by atoms with Crippen LogP contribution in [-0.2, 0) is 14.3 Å². The van der Waals surface area contributed by atoms with Crippen LogP contribution < -0.4 is 10.6 Å². The van der Waals surface area contributed by atoms with E-state index in [1.807, 2.05) is 6.92 Å². The Labute approximate surface area is 119 Å². The number of urea groups is 1. The van der Waals surface area contributed by atoms with Crippen molar-refractivity contribution in [2.24, 2.45) is 0 Å². The molecule has 0 bridgehead atoms. The molecular formula is C14H24N2O4. The van der Waals surface area contributed by atoms with E-state index in [9.17, 15) is 14.4 Å². The van der Waals surface area contributed by atoms with Gasteiger partial charge in [0.15, 0.2) is 6.10 Å². The first-order chi connectivity index (χ1) is 9.52. The minimum absolute atomic E-state index is 0.134. The standard InChI is InChI=1S/C14H24N2O4/c1-3-7-12(17)20-10(2)13(18)16-14(19)15-11-8-5-4-6-9-11/h10-11H,3-9H2,1-2H3,(H2,15,16,18,19)/t10-/m1/s1. The van der Waals surface area contributed by atoms with Crippen LogP contribution in [0.15, 0.2) is 0 Å². The lowest BCUT2D eigenvalue weighted by molar-refractivity contribution is -0.154. The second kappa shape index (κ2) is 8.55. The van der Waals surface area contributed by atoms with E-state index in [4.69, 9.17) is 4.74 Å². The highest BCUT2D eigenvalue weighted by Gasteiger charge is 2.21. The van der Waals surface area contributed by atoms with Crippen LogP contribution in [0.5, 0.6) is 0 Å². The Hall–Kier alpha value is -1.59. The molecule has 1 saturated carbocycles. The summed E-state index contributed by atoms with van der Waals surface area (Å²) in [6.07, 6.45) is 5.27. The number of nitrogens with one attached hydrogen (secondary N) is 2. The van der Waals surface area contributed by atoms with E-state index in [2.05, 4.69) is 10.6 Å². The average Bonchev–Trinajstić information content (AvgIpc) is 2.39. The van der Waals surface area contributed by atoms with Gasteiger partial charge in [-0.25, -0.2) is 4.79 Å². The van der Waals surface area contributed by atoms with Gasteiger partial charge >= 0.3 is 12.0 Å². The van der Waals surface area contributed by atoms with Crippen LogP contribution >= 0.6 is 0 Å². The quantitative estimate of drug-likeness (QED) is 0.755. The summed E-state index contributed by atoms with van der Waals surface area (Å²) < 4.78 is 4.91. The fourth-order valence-corrected chi connectivity index (χ4v) is 2.20. The van der Waals surface area contributed by atoms with Gasteiger partial charge in [-0.2, -0.15) is 0 Å². The molecule has 0 aromatic heterocycles. The third-order valence-corrected chi connectivity index (χ3v) is 3.31. The van der Waals surface area contributed by atoms with Crippen LogP contribution in [-0.4, -0.2) is 30.1 Å². The Morgan fingerprint density at radius 3 is 2.45 bits per heavy atom. The predicted molar refractivity (Wildman–Crippen MR) is 74.0 cm³/mol. The summed E-state index contributed by atoms with van der Waals surface area (Å²) in [6, 6.07) is -0.380. The lowest BCUT2D eigenvalue weighted by Gasteiger charge is -2.23. The maximum absolute atomic E-state index is 11.7. The number of hydrogen-bond donors (Lipinski definition) is 2. The molecule has 3 amide bonds. The molecule has 1 rings (SSSR count). The Kier molecular flexibility index (Phi) is 7.04. The van der Waals surface area contributed by atoms with E-state index in [0.717, 1.165) is 25.7 Å². The Morgan fingerprint density at radius 1 is 1.20 bits per heavy atom. The molecule has 114 valence electrons. The number of esters is 1. The van der Waals surface area contributed by atoms with Crippen molar-refractivity contribution in [3.8, 4) is 0 Å². The minimum atomic E-state index is -0.953. The third-order valence-electron chi connectivity index (χ3n) is 3.31. The molecule has 20 heavy (non-hydrogen) atoms.